The standard InChI is InChI=1S/C25H27F3N2O2/c1-5-29(6-2)15-20-22(30-14-16-9-7-8-10-18(16)23(30)31)19-13-17(25(26,27)28)11-12-21(19)32-24(20,3)4/h7-13H,5-6,14-15H2,1-4H3. The molecule has 0 unspecified atom stereocenters. The quantitative estimate of drug-likeness (QED) is 0.603. The second-order valence-corrected chi connectivity index (χ2v) is 8.66. The first kappa shape index (κ1) is 22.4. The molecule has 4 nitrogen and oxygen atoms in total. The van der Waals surface area contributed by atoms with Crippen molar-refractivity contribution in [2.45, 2.75) is 46.0 Å². The number of hydrogen-bond donors (Lipinski definition) is 0. The fourth-order valence-corrected chi connectivity index (χ4v) is 4.44. The van der Waals surface area contributed by atoms with E-state index in [1.165, 1.54) is 6.07 Å². The first-order valence-electron chi connectivity index (χ1n) is 10.8. The predicted octanol–water partition coefficient (Wildman–Crippen LogP) is 5.59. The largest absolute Gasteiger partial charge is 0.483 e. The van der Waals surface area contributed by atoms with Gasteiger partial charge in [-0.1, -0.05) is 32.0 Å². The van der Waals surface area contributed by atoms with Crippen molar-refractivity contribution in [3.8, 4) is 5.75 Å². The molecule has 4 rings (SSSR count). The zero-order valence-corrected chi connectivity index (χ0v) is 18.7. The Morgan fingerprint density at radius 1 is 1.06 bits per heavy atom. The van der Waals surface area contributed by atoms with E-state index in [-0.39, 0.29) is 5.91 Å². The molecule has 1 amide bonds. The highest BCUT2D eigenvalue weighted by atomic mass is 19.4. The molecular weight excluding hydrogens is 417 g/mol. The summed E-state index contributed by atoms with van der Waals surface area (Å²) in [6.07, 6.45) is -4.50. The van der Waals surface area contributed by atoms with Crippen LogP contribution in [0, 0.1) is 0 Å². The van der Waals surface area contributed by atoms with Gasteiger partial charge in [-0.25, -0.2) is 0 Å². The highest BCUT2D eigenvalue weighted by Gasteiger charge is 2.42. The third kappa shape index (κ3) is 3.79. The smallest absolute Gasteiger partial charge is 0.416 e. The summed E-state index contributed by atoms with van der Waals surface area (Å²) >= 11 is 0. The lowest BCUT2D eigenvalue weighted by molar-refractivity contribution is -0.137. The summed E-state index contributed by atoms with van der Waals surface area (Å²) < 4.78 is 46.9. The molecule has 2 aromatic rings. The van der Waals surface area contributed by atoms with Gasteiger partial charge in [0.25, 0.3) is 5.91 Å². The molecule has 2 heterocycles. The Balaban J connectivity index is 1.95. The number of fused-ring (bicyclic) bond motifs is 2. The molecule has 0 saturated heterocycles. The van der Waals surface area contributed by atoms with Crippen LogP contribution in [0.25, 0.3) is 5.70 Å². The van der Waals surface area contributed by atoms with E-state index in [0.717, 1.165) is 36.4 Å². The molecule has 7 heteroatoms. The molecule has 0 radical (unpaired) electrons. The van der Waals surface area contributed by atoms with Crippen LogP contribution in [0.2, 0.25) is 0 Å². The van der Waals surface area contributed by atoms with Crippen LogP contribution < -0.4 is 4.74 Å². The Kier molecular flexibility index (Phi) is 5.57. The number of likely N-dealkylation sites (N-methyl/N-ethyl adjacent to an activating group) is 1. The van der Waals surface area contributed by atoms with Gasteiger partial charge < -0.3 is 9.64 Å². The lowest BCUT2D eigenvalue weighted by Gasteiger charge is -2.41. The zero-order valence-electron chi connectivity index (χ0n) is 18.7. The van der Waals surface area contributed by atoms with Gasteiger partial charge in [0.15, 0.2) is 0 Å². The van der Waals surface area contributed by atoms with Crippen molar-refractivity contribution in [1.82, 2.24) is 9.80 Å². The highest BCUT2D eigenvalue weighted by Crippen LogP contribution is 2.46. The molecular formula is C25H27F3N2O2. The SMILES string of the molecule is CCN(CC)CC1=C(N2Cc3ccccc3C2=O)c2cc(C(F)(F)F)ccc2OC1(C)C. The van der Waals surface area contributed by atoms with Crippen molar-refractivity contribution in [2.24, 2.45) is 0 Å². The molecule has 0 saturated carbocycles. The second-order valence-electron chi connectivity index (χ2n) is 8.66. The number of halogens is 3. The fraction of sp³-hybridized carbons (Fsp3) is 0.400. The van der Waals surface area contributed by atoms with Crippen molar-refractivity contribution < 1.29 is 22.7 Å². The van der Waals surface area contributed by atoms with Crippen LogP contribution in [-0.2, 0) is 12.7 Å². The Labute approximate surface area is 186 Å². The number of carbonyl (C=O) groups is 1. The predicted molar refractivity (Wildman–Crippen MR) is 117 cm³/mol. The summed E-state index contributed by atoms with van der Waals surface area (Å²) in [5, 5.41) is 0. The van der Waals surface area contributed by atoms with Crippen molar-refractivity contribution in [1.29, 1.82) is 0 Å². The van der Waals surface area contributed by atoms with Gasteiger partial charge in [-0.15, -0.1) is 0 Å². The maximum Gasteiger partial charge on any atom is 0.416 e. The summed E-state index contributed by atoms with van der Waals surface area (Å²) in [7, 11) is 0. The number of nitrogens with zero attached hydrogens (tertiary/aromatic N) is 2. The summed E-state index contributed by atoms with van der Waals surface area (Å²) in [6, 6.07) is 10.8. The van der Waals surface area contributed by atoms with Crippen LogP contribution in [0.4, 0.5) is 13.2 Å². The Morgan fingerprint density at radius 2 is 1.75 bits per heavy atom. The van der Waals surface area contributed by atoms with Gasteiger partial charge in [0.2, 0.25) is 0 Å². The third-order valence-electron chi connectivity index (χ3n) is 6.31. The Bertz CT molecular complexity index is 1080. The summed E-state index contributed by atoms with van der Waals surface area (Å²) in [5.41, 5.74) is 1.53. The highest BCUT2D eigenvalue weighted by molar-refractivity contribution is 6.04. The van der Waals surface area contributed by atoms with Gasteiger partial charge >= 0.3 is 6.18 Å². The number of rotatable bonds is 5. The average molecular weight is 444 g/mol. The molecule has 2 aliphatic rings. The maximum atomic E-state index is 13.6. The number of ether oxygens (including phenoxy) is 1. The Hall–Kier alpha value is -2.80. The van der Waals surface area contributed by atoms with Crippen LogP contribution in [-0.4, -0.2) is 40.9 Å². The van der Waals surface area contributed by atoms with Crippen molar-refractivity contribution in [3.63, 3.8) is 0 Å². The van der Waals surface area contributed by atoms with Gasteiger partial charge in [0.05, 0.1) is 17.8 Å². The van der Waals surface area contributed by atoms with E-state index >= 15 is 0 Å². The fourth-order valence-electron chi connectivity index (χ4n) is 4.44. The summed E-state index contributed by atoms with van der Waals surface area (Å²) in [6.45, 7) is 10.2. The molecule has 0 spiro atoms. The lowest BCUT2D eigenvalue weighted by atomic mass is 9.87. The molecule has 0 bridgehead atoms. The first-order valence-corrected chi connectivity index (χ1v) is 10.8. The molecule has 0 fully saturated rings. The van der Waals surface area contributed by atoms with E-state index in [4.69, 9.17) is 4.74 Å². The minimum atomic E-state index is -4.50. The molecule has 32 heavy (non-hydrogen) atoms. The van der Waals surface area contributed by atoms with E-state index in [1.54, 1.807) is 17.0 Å². The van der Waals surface area contributed by atoms with E-state index in [1.807, 2.05) is 39.8 Å². The van der Waals surface area contributed by atoms with Crippen molar-refractivity contribution in [2.75, 3.05) is 19.6 Å². The molecule has 2 aliphatic heterocycles. The van der Waals surface area contributed by atoms with Gasteiger partial charge in [-0.3, -0.25) is 9.69 Å². The number of hydrogen-bond acceptors (Lipinski definition) is 3. The minimum Gasteiger partial charge on any atom is -0.483 e. The second kappa shape index (κ2) is 7.96. The van der Waals surface area contributed by atoms with Crippen molar-refractivity contribution in [3.05, 3.63) is 70.3 Å². The molecule has 0 aromatic heterocycles. The molecule has 0 aliphatic carbocycles. The van der Waals surface area contributed by atoms with Crippen LogP contribution in [0.5, 0.6) is 5.75 Å². The van der Waals surface area contributed by atoms with Gasteiger partial charge in [0.1, 0.15) is 11.4 Å². The maximum absolute atomic E-state index is 13.6. The van der Waals surface area contributed by atoms with Crippen LogP contribution in [0.3, 0.4) is 0 Å². The molecule has 170 valence electrons. The van der Waals surface area contributed by atoms with E-state index < -0.39 is 17.3 Å². The zero-order chi connectivity index (χ0) is 23.3. The summed E-state index contributed by atoms with van der Waals surface area (Å²) in [5.74, 6) is 0.152. The topological polar surface area (TPSA) is 32.8 Å². The number of benzene rings is 2. The van der Waals surface area contributed by atoms with Gasteiger partial charge in [-0.2, -0.15) is 13.2 Å². The van der Waals surface area contributed by atoms with E-state index in [0.29, 0.717) is 35.7 Å². The van der Waals surface area contributed by atoms with Crippen LogP contribution in [0.15, 0.2) is 48.0 Å². The third-order valence-corrected chi connectivity index (χ3v) is 6.31. The van der Waals surface area contributed by atoms with E-state index in [2.05, 4.69) is 4.90 Å². The number of amides is 1. The van der Waals surface area contributed by atoms with Crippen LogP contribution in [0.1, 0.15) is 54.7 Å². The average Bonchev–Trinajstić information content (AvgIpc) is 3.07. The minimum absolute atomic E-state index is 0.200. The van der Waals surface area contributed by atoms with Crippen LogP contribution >= 0.6 is 0 Å². The molecule has 0 atom stereocenters. The van der Waals surface area contributed by atoms with Gasteiger partial charge in [-0.05, 0) is 56.8 Å². The number of carbonyl (C=O) groups excluding carboxylic acids is 1. The first-order chi connectivity index (χ1) is 15.1. The Morgan fingerprint density at radius 3 is 2.38 bits per heavy atom. The molecule has 0 N–H and O–H groups in total. The normalized spacial score (nSPS) is 17.5. The monoisotopic (exact) mass is 444 g/mol. The van der Waals surface area contributed by atoms with Gasteiger partial charge in [0, 0.05) is 23.2 Å². The van der Waals surface area contributed by atoms with Crippen molar-refractivity contribution >= 4 is 11.6 Å². The van der Waals surface area contributed by atoms with E-state index in [9.17, 15) is 18.0 Å². The summed E-state index contributed by atoms with van der Waals surface area (Å²) in [4.78, 5) is 17.2. The lowest BCUT2D eigenvalue weighted by Crippen LogP contribution is -2.43. The number of alkyl halides is 3. The molecule has 2 aromatic carbocycles.